The number of nitrogens with zero attached hydrogens (tertiary/aromatic N) is 2. The molecule has 26 heavy (non-hydrogen) atoms. The molecule has 0 aliphatic heterocycles. The molecule has 0 aliphatic carbocycles. The van der Waals surface area contributed by atoms with E-state index in [-0.39, 0.29) is 23.1 Å². The van der Waals surface area contributed by atoms with Gasteiger partial charge in [0, 0.05) is 19.2 Å². The second-order valence-corrected chi connectivity index (χ2v) is 7.92. The van der Waals surface area contributed by atoms with E-state index in [2.05, 4.69) is 10.3 Å². The molecule has 2 aromatic carbocycles. The van der Waals surface area contributed by atoms with Crippen molar-refractivity contribution < 1.29 is 17.9 Å². The van der Waals surface area contributed by atoms with E-state index in [4.69, 9.17) is 4.74 Å². The molecule has 7 nitrogen and oxygen atoms in total. The first-order valence-electron chi connectivity index (χ1n) is 7.97. The molecule has 0 fully saturated rings. The van der Waals surface area contributed by atoms with Crippen molar-refractivity contribution in [3.63, 3.8) is 0 Å². The van der Waals surface area contributed by atoms with E-state index < -0.39 is 9.84 Å². The number of aryl methyl sites for hydroxylation is 1. The highest BCUT2D eigenvalue weighted by atomic mass is 32.2. The number of rotatable bonds is 6. The van der Waals surface area contributed by atoms with Crippen molar-refractivity contribution in [1.82, 2.24) is 14.9 Å². The van der Waals surface area contributed by atoms with Crippen LogP contribution in [0.3, 0.4) is 0 Å². The van der Waals surface area contributed by atoms with E-state index in [0.29, 0.717) is 16.8 Å². The van der Waals surface area contributed by atoms with Crippen molar-refractivity contribution in [2.24, 2.45) is 7.05 Å². The van der Waals surface area contributed by atoms with Crippen molar-refractivity contribution in [2.45, 2.75) is 4.90 Å². The summed E-state index contributed by atoms with van der Waals surface area (Å²) in [4.78, 5) is 16.7. The Morgan fingerprint density at radius 3 is 2.62 bits per heavy atom. The van der Waals surface area contributed by atoms with Crippen LogP contribution in [0.15, 0.2) is 53.7 Å². The lowest BCUT2D eigenvalue weighted by molar-refractivity contribution is 0.0956. The van der Waals surface area contributed by atoms with Crippen molar-refractivity contribution in [3.05, 3.63) is 54.4 Å². The van der Waals surface area contributed by atoms with Crippen molar-refractivity contribution in [1.29, 1.82) is 0 Å². The van der Waals surface area contributed by atoms with Crippen LogP contribution in [0, 0.1) is 0 Å². The number of amides is 1. The zero-order chi connectivity index (χ0) is 18.7. The predicted octanol–water partition coefficient (Wildman–Crippen LogP) is 1.79. The molecular formula is C18H19N3O4S. The summed E-state index contributed by atoms with van der Waals surface area (Å²) in [6, 6.07) is 11.3. The molecule has 0 saturated carbocycles. The fourth-order valence-corrected chi connectivity index (χ4v) is 3.74. The molecule has 0 saturated heterocycles. The van der Waals surface area contributed by atoms with Gasteiger partial charge in [-0.15, -0.1) is 0 Å². The van der Waals surface area contributed by atoms with Gasteiger partial charge in [0.1, 0.15) is 5.75 Å². The number of methoxy groups -OCH3 is 1. The van der Waals surface area contributed by atoms with Crippen molar-refractivity contribution in [2.75, 3.05) is 19.4 Å². The molecule has 3 rings (SSSR count). The second kappa shape index (κ2) is 7.17. The third kappa shape index (κ3) is 3.70. The van der Waals surface area contributed by atoms with Crippen LogP contribution < -0.4 is 10.1 Å². The normalized spacial score (nSPS) is 11.5. The zero-order valence-electron chi connectivity index (χ0n) is 14.5. The fourth-order valence-electron chi connectivity index (χ4n) is 2.58. The molecule has 1 aromatic heterocycles. The Hall–Kier alpha value is -2.87. The van der Waals surface area contributed by atoms with E-state index in [1.165, 1.54) is 19.2 Å². The van der Waals surface area contributed by atoms with Gasteiger partial charge < -0.3 is 14.6 Å². The van der Waals surface area contributed by atoms with Gasteiger partial charge in [0.15, 0.2) is 9.84 Å². The summed E-state index contributed by atoms with van der Waals surface area (Å²) in [5.41, 5.74) is 2.08. The quantitative estimate of drug-likeness (QED) is 0.711. The predicted molar refractivity (Wildman–Crippen MR) is 98.1 cm³/mol. The molecule has 0 atom stereocenters. The minimum atomic E-state index is -3.48. The number of nitrogens with one attached hydrogen (secondary N) is 1. The third-order valence-electron chi connectivity index (χ3n) is 4.06. The Morgan fingerprint density at radius 1 is 1.19 bits per heavy atom. The summed E-state index contributed by atoms with van der Waals surface area (Å²) >= 11 is 0. The number of fused-ring (bicyclic) bond motifs is 1. The Morgan fingerprint density at radius 2 is 1.92 bits per heavy atom. The molecule has 1 amide bonds. The van der Waals surface area contributed by atoms with E-state index in [1.807, 2.05) is 17.7 Å². The van der Waals surface area contributed by atoms with Gasteiger partial charge in [-0.1, -0.05) is 0 Å². The summed E-state index contributed by atoms with van der Waals surface area (Å²) in [5.74, 6) is 0.0707. The van der Waals surface area contributed by atoms with Crippen LogP contribution in [-0.2, 0) is 16.9 Å². The smallest absolute Gasteiger partial charge is 0.251 e. The maximum Gasteiger partial charge on any atom is 0.251 e. The zero-order valence-corrected chi connectivity index (χ0v) is 15.3. The topological polar surface area (TPSA) is 90.3 Å². The van der Waals surface area contributed by atoms with Crippen LogP contribution in [0.2, 0.25) is 0 Å². The van der Waals surface area contributed by atoms with E-state index in [9.17, 15) is 13.2 Å². The highest BCUT2D eigenvalue weighted by Gasteiger charge is 2.15. The highest BCUT2D eigenvalue weighted by Crippen LogP contribution is 2.17. The summed E-state index contributed by atoms with van der Waals surface area (Å²) in [6.07, 6.45) is 1.67. The van der Waals surface area contributed by atoms with Crippen LogP contribution in [0.25, 0.3) is 11.0 Å². The molecule has 0 radical (unpaired) electrons. The molecular weight excluding hydrogens is 354 g/mol. The van der Waals surface area contributed by atoms with Gasteiger partial charge >= 0.3 is 0 Å². The number of hydrogen-bond acceptors (Lipinski definition) is 5. The molecule has 0 bridgehead atoms. The lowest BCUT2D eigenvalue weighted by atomic mass is 10.2. The Balaban J connectivity index is 1.62. The number of carbonyl (C=O) groups excluding carboxylic acids is 1. The monoisotopic (exact) mass is 373 g/mol. The fraction of sp³-hybridized carbons (Fsp3) is 0.222. The molecule has 136 valence electrons. The molecule has 3 aromatic rings. The first-order valence-corrected chi connectivity index (χ1v) is 9.62. The van der Waals surface area contributed by atoms with Crippen LogP contribution >= 0.6 is 0 Å². The van der Waals surface area contributed by atoms with Gasteiger partial charge in [0.25, 0.3) is 5.91 Å². The van der Waals surface area contributed by atoms with E-state index in [1.54, 1.807) is 30.6 Å². The SMILES string of the molecule is COc1ccc(S(=O)(=O)CCNC(=O)c2ccc3c(c2)ncn3C)cc1. The number of carbonyl (C=O) groups is 1. The summed E-state index contributed by atoms with van der Waals surface area (Å²) < 4.78 is 31.5. The number of ether oxygens (including phenoxy) is 1. The minimum absolute atomic E-state index is 0.0213. The summed E-state index contributed by atoms with van der Waals surface area (Å²) in [6.45, 7) is 0.0213. The van der Waals surface area contributed by atoms with Gasteiger partial charge in [-0.05, 0) is 42.5 Å². The van der Waals surface area contributed by atoms with Crippen LogP contribution in [0.1, 0.15) is 10.4 Å². The second-order valence-electron chi connectivity index (χ2n) is 5.81. The number of benzene rings is 2. The largest absolute Gasteiger partial charge is 0.497 e. The van der Waals surface area contributed by atoms with E-state index >= 15 is 0 Å². The number of imidazole rings is 1. The van der Waals surface area contributed by atoms with Gasteiger partial charge in [-0.2, -0.15) is 0 Å². The molecule has 0 aliphatic rings. The lowest BCUT2D eigenvalue weighted by Crippen LogP contribution is -2.29. The Labute approximate surface area is 151 Å². The van der Waals surface area contributed by atoms with E-state index in [0.717, 1.165) is 5.52 Å². The lowest BCUT2D eigenvalue weighted by Gasteiger charge is -2.08. The number of aromatic nitrogens is 2. The summed E-state index contributed by atoms with van der Waals surface area (Å²) in [7, 11) is -0.0911. The van der Waals surface area contributed by atoms with Gasteiger partial charge in [-0.25, -0.2) is 13.4 Å². The maximum absolute atomic E-state index is 12.3. The van der Waals surface area contributed by atoms with Crippen molar-refractivity contribution in [3.8, 4) is 5.75 Å². The Kier molecular flexibility index (Phi) is 4.94. The average Bonchev–Trinajstić information content (AvgIpc) is 3.02. The van der Waals surface area contributed by atoms with Crippen LogP contribution in [0.5, 0.6) is 5.75 Å². The molecule has 0 spiro atoms. The first-order chi connectivity index (χ1) is 12.4. The van der Waals surface area contributed by atoms with Gasteiger partial charge in [-0.3, -0.25) is 4.79 Å². The number of hydrogen-bond donors (Lipinski definition) is 1. The van der Waals surface area contributed by atoms with Crippen LogP contribution in [-0.4, -0.2) is 43.3 Å². The van der Waals surface area contributed by atoms with Gasteiger partial charge in [0.05, 0.1) is 35.1 Å². The molecule has 1 N–H and O–H groups in total. The van der Waals surface area contributed by atoms with Crippen LogP contribution in [0.4, 0.5) is 0 Å². The number of sulfone groups is 1. The third-order valence-corrected chi connectivity index (χ3v) is 5.79. The standard InChI is InChI=1S/C18H19N3O4S/c1-21-12-20-16-11-13(3-8-17(16)21)18(22)19-9-10-26(23,24)15-6-4-14(25-2)5-7-15/h3-8,11-12H,9-10H2,1-2H3,(H,19,22). The average molecular weight is 373 g/mol. The molecule has 0 unspecified atom stereocenters. The van der Waals surface area contributed by atoms with Gasteiger partial charge in [0.2, 0.25) is 0 Å². The Bertz CT molecular complexity index is 1040. The minimum Gasteiger partial charge on any atom is -0.497 e. The molecule has 8 heteroatoms. The first kappa shape index (κ1) is 17.9. The maximum atomic E-state index is 12.3. The highest BCUT2D eigenvalue weighted by molar-refractivity contribution is 7.91. The summed E-state index contributed by atoms with van der Waals surface area (Å²) in [5, 5.41) is 2.64. The molecule has 1 heterocycles. The van der Waals surface area contributed by atoms with Crippen molar-refractivity contribution >= 4 is 26.8 Å².